The zero-order chi connectivity index (χ0) is 14.9. The van der Waals surface area contributed by atoms with Gasteiger partial charge in [0.1, 0.15) is 0 Å². The fourth-order valence-corrected chi connectivity index (χ4v) is 4.66. The summed E-state index contributed by atoms with van der Waals surface area (Å²) < 4.78 is 7.06. The van der Waals surface area contributed by atoms with Crippen molar-refractivity contribution in [3.05, 3.63) is 33.3 Å². The van der Waals surface area contributed by atoms with E-state index in [-0.39, 0.29) is 11.5 Å². The van der Waals surface area contributed by atoms with E-state index in [0.29, 0.717) is 5.02 Å². The predicted octanol–water partition coefficient (Wildman–Crippen LogP) is 5.27. The maximum atomic E-state index is 10.8. The first kappa shape index (κ1) is 15.8. The zero-order valence-corrected chi connectivity index (χ0v) is 14.5. The van der Waals surface area contributed by atoms with Gasteiger partial charge in [0, 0.05) is 16.1 Å². The van der Waals surface area contributed by atoms with Crippen molar-refractivity contribution in [1.82, 2.24) is 0 Å². The highest BCUT2D eigenvalue weighted by Gasteiger charge is 2.41. The quantitative estimate of drug-likeness (QED) is 0.765. The molecule has 2 fully saturated rings. The van der Waals surface area contributed by atoms with Crippen LogP contribution in [0.1, 0.15) is 56.6 Å². The number of benzene rings is 1. The predicted molar refractivity (Wildman–Crippen MR) is 88.6 cm³/mol. The van der Waals surface area contributed by atoms with Crippen molar-refractivity contribution in [3.63, 3.8) is 0 Å². The minimum absolute atomic E-state index is 0.0178. The Bertz CT molecular complexity index is 494. The highest BCUT2D eigenvalue weighted by molar-refractivity contribution is 9.10. The first-order chi connectivity index (χ1) is 10.1. The summed E-state index contributed by atoms with van der Waals surface area (Å²) in [6, 6.07) is 5.73. The lowest BCUT2D eigenvalue weighted by atomic mass is 9.74. The van der Waals surface area contributed by atoms with Crippen LogP contribution in [0.2, 0.25) is 5.02 Å². The van der Waals surface area contributed by atoms with Crippen molar-refractivity contribution >= 4 is 27.5 Å². The molecule has 116 valence electrons. The molecule has 1 heterocycles. The van der Waals surface area contributed by atoms with Gasteiger partial charge in [0.15, 0.2) is 0 Å². The Hall–Kier alpha value is -0.0900. The van der Waals surface area contributed by atoms with E-state index in [0.717, 1.165) is 42.3 Å². The number of hydrogen-bond donors (Lipinski definition) is 1. The fourth-order valence-electron chi connectivity index (χ4n) is 3.88. The number of ether oxygens (including phenoxy) is 1. The van der Waals surface area contributed by atoms with Gasteiger partial charge in [0.2, 0.25) is 0 Å². The molecule has 1 N–H and O–H groups in total. The van der Waals surface area contributed by atoms with Gasteiger partial charge in [-0.2, -0.15) is 0 Å². The molecule has 0 aromatic heterocycles. The molecule has 2 unspecified atom stereocenters. The van der Waals surface area contributed by atoms with Gasteiger partial charge >= 0.3 is 0 Å². The Morgan fingerprint density at radius 3 is 2.76 bits per heavy atom. The first-order valence-electron chi connectivity index (χ1n) is 7.87. The van der Waals surface area contributed by atoms with Crippen molar-refractivity contribution in [3.8, 4) is 0 Å². The standard InChI is InChI=1S/C17H22BrClO2/c18-13-4-5-14(15(19)10-13)16(20)12-6-9-21-17(11-12)7-2-1-3-8-17/h4-5,10,12,16,20H,1-3,6-9,11H2. The molecule has 1 aromatic rings. The normalized spacial score (nSPS) is 26.7. The summed E-state index contributed by atoms with van der Waals surface area (Å²) in [5, 5.41) is 11.4. The van der Waals surface area contributed by atoms with Crippen LogP contribution in [0.4, 0.5) is 0 Å². The van der Waals surface area contributed by atoms with Gasteiger partial charge in [0.05, 0.1) is 11.7 Å². The molecule has 1 aliphatic carbocycles. The highest BCUT2D eigenvalue weighted by Crippen LogP contribution is 2.45. The molecule has 3 rings (SSSR count). The average Bonchev–Trinajstić information content (AvgIpc) is 2.47. The first-order valence-corrected chi connectivity index (χ1v) is 9.04. The molecular weight excluding hydrogens is 352 g/mol. The van der Waals surface area contributed by atoms with E-state index in [1.54, 1.807) is 0 Å². The van der Waals surface area contributed by atoms with Crippen LogP contribution in [0, 0.1) is 5.92 Å². The molecule has 4 heteroatoms. The minimum atomic E-state index is -0.492. The fraction of sp³-hybridized carbons (Fsp3) is 0.647. The maximum absolute atomic E-state index is 10.8. The van der Waals surface area contributed by atoms with E-state index in [1.165, 1.54) is 19.3 Å². The van der Waals surface area contributed by atoms with Crippen LogP contribution in [0.3, 0.4) is 0 Å². The second-order valence-corrected chi connectivity index (χ2v) is 7.78. The summed E-state index contributed by atoms with van der Waals surface area (Å²) >= 11 is 9.71. The topological polar surface area (TPSA) is 29.5 Å². The van der Waals surface area contributed by atoms with E-state index in [4.69, 9.17) is 16.3 Å². The van der Waals surface area contributed by atoms with Crippen molar-refractivity contribution in [2.45, 2.75) is 56.7 Å². The van der Waals surface area contributed by atoms with Crippen molar-refractivity contribution in [2.24, 2.45) is 5.92 Å². The van der Waals surface area contributed by atoms with Gasteiger partial charge < -0.3 is 9.84 Å². The molecule has 21 heavy (non-hydrogen) atoms. The molecule has 1 aromatic carbocycles. The monoisotopic (exact) mass is 372 g/mol. The SMILES string of the molecule is OC(c1ccc(Br)cc1Cl)C1CCOC2(CCCCC2)C1. The van der Waals surface area contributed by atoms with Gasteiger partial charge in [-0.25, -0.2) is 0 Å². The van der Waals surface area contributed by atoms with Crippen molar-refractivity contribution < 1.29 is 9.84 Å². The van der Waals surface area contributed by atoms with Crippen LogP contribution in [0.15, 0.2) is 22.7 Å². The molecule has 2 aliphatic rings. The van der Waals surface area contributed by atoms with E-state index in [1.807, 2.05) is 18.2 Å². The molecule has 0 amide bonds. The highest BCUT2D eigenvalue weighted by atomic mass is 79.9. The second kappa shape index (κ2) is 6.57. The maximum Gasteiger partial charge on any atom is 0.0834 e. The lowest BCUT2D eigenvalue weighted by Gasteiger charge is -2.44. The Balaban J connectivity index is 1.76. The number of aliphatic hydroxyl groups is 1. The molecule has 1 saturated carbocycles. The summed E-state index contributed by atoms with van der Waals surface area (Å²) in [7, 11) is 0. The van der Waals surface area contributed by atoms with Crippen LogP contribution in [0.25, 0.3) is 0 Å². The molecule has 0 bridgehead atoms. The van der Waals surface area contributed by atoms with E-state index in [9.17, 15) is 5.11 Å². The summed E-state index contributed by atoms with van der Waals surface area (Å²) in [6.07, 6.45) is 7.48. The summed E-state index contributed by atoms with van der Waals surface area (Å²) in [5.41, 5.74) is 0.863. The summed E-state index contributed by atoms with van der Waals surface area (Å²) in [5.74, 6) is 0.246. The number of rotatable bonds is 2. The lowest BCUT2D eigenvalue weighted by molar-refractivity contribution is -0.134. The lowest BCUT2D eigenvalue weighted by Crippen LogP contribution is -2.42. The number of halogens is 2. The molecular formula is C17H22BrClO2. The molecule has 1 saturated heterocycles. The Kier molecular flexibility index (Phi) is 4.94. The molecule has 2 nitrogen and oxygen atoms in total. The zero-order valence-electron chi connectivity index (χ0n) is 12.2. The molecule has 0 radical (unpaired) electrons. The molecule has 2 atom stereocenters. The van der Waals surface area contributed by atoms with Crippen LogP contribution >= 0.6 is 27.5 Å². The third-order valence-electron chi connectivity index (χ3n) is 5.02. The van der Waals surface area contributed by atoms with E-state index >= 15 is 0 Å². The Morgan fingerprint density at radius 2 is 2.05 bits per heavy atom. The number of hydrogen-bond acceptors (Lipinski definition) is 2. The van der Waals surface area contributed by atoms with Gasteiger partial charge in [-0.15, -0.1) is 0 Å². The van der Waals surface area contributed by atoms with Crippen molar-refractivity contribution in [2.75, 3.05) is 6.61 Å². The third-order valence-corrected chi connectivity index (χ3v) is 5.84. The Labute approximate surface area is 140 Å². The van der Waals surface area contributed by atoms with Gasteiger partial charge in [-0.05, 0) is 49.3 Å². The van der Waals surface area contributed by atoms with Gasteiger partial charge in [-0.3, -0.25) is 0 Å². The van der Waals surface area contributed by atoms with E-state index in [2.05, 4.69) is 15.9 Å². The minimum Gasteiger partial charge on any atom is -0.388 e. The van der Waals surface area contributed by atoms with Crippen LogP contribution in [-0.2, 0) is 4.74 Å². The van der Waals surface area contributed by atoms with E-state index < -0.39 is 6.10 Å². The summed E-state index contributed by atoms with van der Waals surface area (Å²) in [6.45, 7) is 0.760. The summed E-state index contributed by atoms with van der Waals surface area (Å²) in [4.78, 5) is 0. The van der Waals surface area contributed by atoms with Crippen LogP contribution < -0.4 is 0 Å². The Morgan fingerprint density at radius 1 is 1.29 bits per heavy atom. The third kappa shape index (κ3) is 3.47. The van der Waals surface area contributed by atoms with Gasteiger partial charge in [-0.1, -0.05) is 52.9 Å². The molecule has 1 aliphatic heterocycles. The van der Waals surface area contributed by atoms with Crippen LogP contribution in [-0.4, -0.2) is 17.3 Å². The largest absolute Gasteiger partial charge is 0.388 e. The second-order valence-electron chi connectivity index (χ2n) is 6.46. The van der Waals surface area contributed by atoms with Gasteiger partial charge in [0.25, 0.3) is 0 Å². The average molecular weight is 374 g/mol. The number of aliphatic hydroxyl groups excluding tert-OH is 1. The molecule has 1 spiro atoms. The van der Waals surface area contributed by atoms with Crippen molar-refractivity contribution in [1.29, 1.82) is 0 Å². The smallest absolute Gasteiger partial charge is 0.0834 e. The van der Waals surface area contributed by atoms with Crippen LogP contribution in [0.5, 0.6) is 0 Å².